The maximum absolute atomic E-state index is 14.2. The molecule has 2 aliphatic rings. The predicted molar refractivity (Wildman–Crippen MR) is 90.7 cm³/mol. The molecule has 3 atom stereocenters. The normalized spacial score (nSPS) is 22.7. The van der Waals surface area contributed by atoms with Gasteiger partial charge in [-0.3, -0.25) is 5.32 Å². The molecule has 6 nitrogen and oxygen atoms in total. The fourth-order valence-electron chi connectivity index (χ4n) is 3.20. The van der Waals surface area contributed by atoms with Crippen LogP contribution in [0.1, 0.15) is 17.0 Å². The van der Waals surface area contributed by atoms with E-state index >= 15 is 0 Å². The van der Waals surface area contributed by atoms with Gasteiger partial charge < -0.3 is 10.1 Å². The van der Waals surface area contributed by atoms with Crippen LogP contribution in [0.4, 0.5) is 15.0 Å². The van der Waals surface area contributed by atoms with Crippen molar-refractivity contribution < 1.29 is 13.9 Å². The van der Waals surface area contributed by atoms with Crippen LogP contribution < -0.4 is 15.4 Å². The highest BCUT2D eigenvalue weighted by atomic mass is 79.9. The van der Waals surface area contributed by atoms with Crippen LogP contribution in [0.5, 0.6) is 5.75 Å². The molecule has 1 fully saturated rings. The minimum Gasteiger partial charge on any atom is -0.492 e. The van der Waals surface area contributed by atoms with Crippen LogP contribution in [0, 0.1) is 23.1 Å². The first-order chi connectivity index (χ1) is 12.1. The molecule has 2 aromatic rings. The predicted octanol–water partition coefficient (Wildman–Crippen LogP) is 3.15. The molecule has 8 heteroatoms. The van der Waals surface area contributed by atoms with Gasteiger partial charge in [0, 0.05) is 29.6 Å². The molecular weight excluding hydrogens is 391 g/mol. The van der Waals surface area contributed by atoms with Crippen LogP contribution in [0.15, 0.2) is 34.9 Å². The van der Waals surface area contributed by atoms with Gasteiger partial charge in [-0.25, -0.2) is 14.2 Å². The number of pyridine rings is 1. The van der Waals surface area contributed by atoms with Gasteiger partial charge in [0.15, 0.2) is 0 Å². The van der Waals surface area contributed by atoms with Gasteiger partial charge in [0.05, 0.1) is 16.6 Å². The van der Waals surface area contributed by atoms with E-state index in [9.17, 15) is 9.18 Å². The lowest BCUT2D eigenvalue weighted by atomic mass is 10.1. The molecule has 1 aromatic heterocycles. The first-order valence-corrected chi connectivity index (χ1v) is 8.42. The topological polar surface area (TPSA) is 87.0 Å². The Kier molecular flexibility index (Phi) is 3.81. The third kappa shape index (κ3) is 2.81. The van der Waals surface area contributed by atoms with Crippen molar-refractivity contribution in [2.75, 3.05) is 11.9 Å². The summed E-state index contributed by atoms with van der Waals surface area (Å²) in [7, 11) is 0. The first kappa shape index (κ1) is 15.8. The summed E-state index contributed by atoms with van der Waals surface area (Å²) in [6, 6.07) is 7.47. The van der Waals surface area contributed by atoms with Crippen molar-refractivity contribution in [3.8, 4) is 11.8 Å². The second-order valence-electron chi connectivity index (χ2n) is 5.94. The number of fused-ring (bicyclic) bond motifs is 3. The fraction of sp³-hybridized carbons (Fsp3) is 0.235. The van der Waals surface area contributed by atoms with Gasteiger partial charge >= 0.3 is 6.03 Å². The Morgan fingerprint density at radius 1 is 1.40 bits per heavy atom. The van der Waals surface area contributed by atoms with Gasteiger partial charge in [-0.15, -0.1) is 0 Å². The minimum absolute atomic E-state index is 0.0518. The molecule has 1 aliphatic heterocycles. The van der Waals surface area contributed by atoms with Gasteiger partial charge in [-0.1, -0.05) is 0 Å². The number of nitriles is 1. The summed E-state index contributed by atoms with van der Waals surface area (Å²) in [5, 5.41) is 14.2. The van der Waals surface area contributed by atoms with E-state index in [4.69, 9.17) is 10.00 Å². The summed E-state index contributed by atoms with van der Waals surface area (Å²) >= 11 is 3.37. The smallest absolute Gasteiger partial charge is 0.320 e. The Hall–Kier alpha value is -2.66. The summed E-state index contributed by atoms with van der Waals surface area (Å²) in [5.41, 5.74) is 0.918. The Morgan fingerprint density at radius 3 is 2.96 bits per heavy atom. The lowest BCUT2D eigenvalue weighted by Crippen LogP contribution is -2.32. The molecule has 126 valence electrons. The van der Waals surface area contributed by atoms with Gasteiger partial charge in [0.25, 0.3) is 0 Å². The number of nitrogens with one attached hydrogen (secondary N) is 2. The summed E-state index contributed by atoms with van der Waals surface area (Å²) in [6.07, 6.45) is 1.38. The number of rotatable bonds is 2. The molecule has 25 heavy (non-hydrogen) atoms. The van der Waals surface area contributed by atoms with Crippen molar-refractivity contribution in [1.29, 1.82) is 5.26 Å². The molecule has 1 aliphatic carbocycles. The van der Waals surface area contributed by atoms with E-state index in [-0.39, 0.29) is 23.7 Å². The molecule has 1 unspecified atom stereocenters. The van der Waals surface area contributed by atoms with Gasteiger partial charge in [-0.2, -0.15) is 5.26 Å². The number of carbonyl (C=O) groups excluding carboxylic acids is 1. The number of hydrogen-bond donors (Lipinski definition) is 2. The maximum Gasteiger partial charge on any atom is 0.320 e. The number of ether oxygens (including phenoxy) is 1. The second kappa shape index (κ2) is 6.01. The summed E-state index contributed by atoms with van der Waals surface area (Å²) < 4.78 is 20.5. The standard InChI is InChI=1S/C17H12BrFN4O2/c18-10-2-3-11(19)14-13-9(7-25-16(10)14)15(13)23-17(24)22-12-4-1-8(5-20)6-21-12/h1-4,6,9,13,15H,7H2,(H2,21,22,23,24)/t9-,13-,15?/m0/s1. The zero-order valence-electron chi connectivity index (χ0n) is 12.8. The Morgan fingerprint density at radius 2 is 2.24 bits per heavy atom. The monoisotopic (exact) mass is 402 g/mol. The third-order valence-corrected chi connectivity index (χ3v) is 5.07. The lowest BCUT2D eigenvalue weighted by Gasteiger charge is -2.17. The highest BCUT2D eigenvalue weighted by Gasteiger charge is 2.57. The molecule has 2 amide bonds. The van der Waals surface area contributed by atoms with E-state index in [1.807, 2.05) is 6.07 Å². The Balaban J connectivity index is 1.45. The second-order valence-corrected chi connectivity index (χ2v) is 6.80. The molecule has 0 saturated heterocycles. The van der Waals surface area contributed by atoms with Crippen molar-refractivity contribution in [2.45, 2.75) is 12.0 Å². The Labute approximate surface area is 151 Å². The fourth-order valence-corrected chi connectivity index (χ4v) is 3.66. The highest BCUT2D eigenvalue weighted by Crippen LogP contribution is 2.56. The van der Waals surface area contributed by atoms with Crippen molar-refractivity contribution in [2.24, 2.45) is 5.92 Å². The van der Waals surface area contributed by atoms with Crippen molar-refractivity contribution >= 4 is 27.8 Å². The number of hydrogen-bond acceptors (Lipinski definition) is 4. The first-order valence-electron chi connectivity index (χ1n) is 7.63. The molecule has 4 rings (SSSR count). The van der Waals surface area contributed by atoms with E-state index in [1.165, 1.54) is 12.3 Å². The lowest BCUT2D eigenvalue weighted by molar-refractivity contribution is 0.249. The number of urea groups is 1. The van der Waals surface area contributed by atoms with Crippen LogP contribution >= 0.6 is 15.9 Å². The number of benzene rings is 1. The Bertz CT molecular complexity index is 897. The molecule has 0 bridgehead atoms. The molecular formula is C17H12BrFN4O2. The number of amides is 2. The molecule has 2 N–H and O–H groups in total. The largest absolute Gasteiger partial charge is 0.492 e. The number of anilines is 1. The van der Waals surface area contributed by atoms with Crippen LogP contribution in [0.25, 0.3) is 0 Å². The maximum atomic E-state index is 14.2. The SMILES string of the molecule is N#Cc1ccc(NC(=O)NC2[C@H]3COc4c(Br)ccc(F)c4[C@@H]23)nc1. The molecule has 2 heterocycles. The van der Waals surface area contributed by atoms with E-state index in [2.05, 4.69) is 31.5 Å². The van der Waals surface area contributed by atoms with Crippen molar-refractivity contribution in [1.82, 2.24) is 10.3 Å². The molecule has 0 spiro atoms. The average molecular weight is 403 g/mol. The quantitative estimate of drug-likeness (QED) is 0.807. The highest BCUT2D eigenvalue weighted by molar-refractivity contribution is 9.10. The van der Waals surface area contributed by atoms with Crippen molar-refractivity contribution in [3.63, 3.8) is 0 Å². The average Bonchev–Trinajstić information content (AvgIpc) is 3.31. The third-order valence-electron chi connectivity index (χ3n) is 4.45. The summed E-state index contributed by atoms with van der Waals surface area (Å²) in [4.78, 5) is 16.1. The van der Waals surface area contributed by atoms with Crippen LogP contribution in [-0.2, 0) is 0 Å². The number of carbonyl (C=O) groups is 1. The molecule has 0 radical (unpaired) electrons. The number of aromatic nitrogens is 1. The van der Waals surface area contributed by atoms with E-state index < -0.39 is 6.03 Å². The van der Waals surface area contributed by atoms with E-state index in [0.29, 0.717) is 33.8 Å². The van der Waals surface area contributed by atoms with Crippen LogP contribution in [0.2, 0.25) is 0 Å². The summed E-state index contributed by atoms with van der Waals surface area (Å²) in [5.74, 6) is 0.480. The summed E-state index contributed by atoms with van der Waals surface area (Å²) in [6.45, 7) is 0.430. The van der Waals surface area contributed by atoms with Crippen molar-refractivity contribution in [3.05, 3.63) is 51.9 Å². The van der Waals surface area contributed by atoms with Gasteiger partial charge in [-0.05, 0) is 40.2 Å². The minimum atomic E-state index is -0.423. The number of halogens is 2. The van der Waals surface area contributed by atoms with Crippen LogP contribution in [0.3, 0.4) is 0 Å². The van der Waals surface area contributed by atoms with Gasteiger partial charge in [0.1, 0.15) is 23.5 Å². The van der Waals surface area contributed by atoms with Crippen LogP contribution in [-0.4, -0.2) is 23.7 Å². The van der Waals surface area contributed by atoms with Gasteiger partial charge in [0.2, 0.25) is 0 Å². The zero-order chi connectivity index (χ0) is 17.6. The zero-order valence-corrected chi connectivity index (χ0v) is 14.4. The molecule has 1 saturated carbocycles. The molecule has 1 aromatic carbocycles. The van der Waals surface area contributed by atoms with E-state index in [1.54, 1.807) is 18.2 Å². The van der Waals surface area contributed by atoms with E-state index in [0.717, 1.165) is 0 Å². The number of nitrogens with zero attached hydrogens (tertiary/aromatic N) is 2.